The Labute approximate surface area is 141 Å². The van der Waals surface area contributed by atoms with Gasteiger partial charge in [-0.1, -0.05) is 25.7 Å². The number of aromatic nitrogens is 2. The predicted molar refractivity (Wildman–Crippen MR) is 93.3 cm³/mol. The number of carbonyl (C=O) groups is 1. The first-order chi connectivity index (χ1) is 10.1. The third-order valence-electron chi connectivity index (χ3n) is 4.29. The fourth-order valence-electron chi connectivity index (χ4n) is 3.01. The van der Waals surface area contributed by atoms with Crippen LogP contribution in [0.3, 0.4) is 0 Å². The number of aryl methyl sites for hydroxylation is 2. The van der Waals surface area contributed by atoms with E-state index in [9.17, 15) is 4.79 Å². The average Bonchev–Trinajstić information content (AvgIpc) is 2.67. The zero-order valence-electron chi connectivity index (χ0n) is 13.1. The second-order valence-corrected chi connectivity index (χ2v) is 7.15. The molecule has 5 heteroatoms. The zero-order valence-corrected chi connectivity index (χ0v) is 15.3. The molecule has 21 heavy (non-hydrogen) atoms. The minimum absolute atomic E-state index is 0.207. The van der Waals surface area contributed by atoms with E-state index in [2.05, 4.69) is 39.9 Å². The van der Waals surface area contributed by atoms with Crippen molar-refractivity contribution < 1.29 is 4.79 Å². The van der Waals surface area contributed by atoms with Gasteiger partial charge < -0.3 is 5.32 Å². The first kappa shape index (κ1) is 16.8. The molecular weight excluding hydrogens is 377 g/mol. The summed E-state index contributed by atoms with van der Waals surface area (Å²) in [6.07, 6.45) is 8.93. The highest BCUT2D eigenvalue weighted by Crippen LogP contribution is 2.18. The number of hydrogen-bond donors (Lipinski definition) is 1. The van der Waals surface area contributed by atoms with Crippen LogP contribution in [-0.2, 0) is 11.3 Å². The summed E-state index contributed by atoms with van der Waals surface area (Å²) in [4.78, 5) is 12.0. The van der Waals surface area contributed by atoms with Crippen molar-refractivity contribution in [3.8, 4) is 0 Å². The molecule has 1 aliphatic carbocycles. The molecule has 1 heterocycles. The van der Waals surface area contributed by atoms with Gasteiger partial charge in [-0.3, -0.25) is 9.48 Å². The number of nitrogens with one attached hydrogen (secondary N) is 1. The van der Waals surface area contributed by atoms with Gasteiger partial charge in [0.15, 0.2) is 0 Å². The molecule has 1 fully saturated rings. The van der Waals surface area contributed by atoms with Crippen LogP contribution in [0.4, 0.5) is 0 Å². The van der Waals surface area contributed by atoms with Crippen LogP contribution in [0.2, 0.25) is 0 Å². The Balaban J connectivity index is 1.72. The highest BCUT2D eigenvalue weighted by molar-refractivity contribution is 14.1. The summed E-state index contributed by atoms with van der Waals surface area (Å²) in [5.41, 5.74) is 2.29. The molecule has 118 valence electrons. The Kier molecular flexibility index (Phi) is 6.51. The number of carbonyl (C=O) groups excluding carboxylic acids is 1. The van der Waals surface area contributed by atoms with Gasteiger partial charge in [0.25, 0.3) is 0 Å². The molecule has 0 aromatic carbocycles. The minimum Gasteiger partial charge on any atom is -0.353 e. The van der Waals surface area contributed by atoms with Crippen molar-refractivity contribution in [2.45, 2.75) is 77.8 Å². The second-order valence-electron chi connectivity index (χ2n) is 6.07. The number of hydrogen-bond acceptors (Lipinski definition) is 2. The van der Waals surface area contributed by atoms with Crippen LogP contribution in [0.25, 0.3) is 0 Å². The normalized spacial score (nSPS) is 16.7. The van der Waals surface area contributed by atoms with Crippen LogP contribution in [0.1, 0.15) is 62.8 Å². The first-order valence-electron chi connectivity index (χ1n) is 8.07. The molecule has 1 N–H and O–H groups in total. The number of rotatable bonds is 5. The molecule has 0 bridgehead atoms. The smallest absolute Gasteiger partial charge is 0.220 e. The van der Waals surface area contributed by atoms with E-state index in [-0.39, 0.29) is 5.91 Å². The second kappa shape index (κ2) is 8.15. The SMILES string of the molecule is Cc1nn(CCCC(=O)NC2CCCCCC2)c(C)c1I. The molecule has 0 radical (unpaired) electrons. The number of nitrogens with zero attached hydrogens (tertiary/aromatic N) is 2. The standard InChI is InChI=1S/C16H26IN3O/c1-12-16(17)13(2)20(19-12)11-7-10-15(21)18-14-8-5-3-4-6-9-14/h14H,3-11H2,1-2H3,(H,18,21). The Hall–Kier alpha value is -0.590. The molecule has 1 amide bonds. The van der Waals surface area contributed by atoms with Gasteiger partial charge in [0.05, 0.1) is 9.26 Å². The van der Waals surface area contributed by atoms with Crippen LogP contribution >= 0.6 is 22.6 Å². The lowest BCUT2D eigenvalue weighted by Gasteiger charge is -2.16. The molecule has 1 saturated carbocycles. The van der Waals surface area contributed by atoms with E-state index in [1.807, 2.05) is 11.6 Å². The maximum Gasteiger partial charge on any atom is 0.220 e. The van der Waals surface area contributed by atoms with E-state index in [1.165, 1.54) is 34.9 Å². The van der Waals surface area contributed by atoms with Crippen LogP contribution in [-0.4, -0.2) is 21.7 Å². The lowest BCUT2D eigenvalue weighted by Crippen LogP contribution is -2.34. The molecule has 0 saturated heterocycles. The third kappa shape index (κ3) is 4.97. The maximum atomic E-state index is 12.0. The van der Waals surface area contributed by atoms with Gasteiger partial charge in [-0.2, -0.15) is 5.10 Å². The Morgan fingerprint density at radius 3 is 2.52 bits per heavy atom. The highest BCUT2D eigenvalue weighted by Gasteiger charge is 2.14. The molecule has 1 aliphatic rings. The van der Waals surface area contributed by atoms with E-state index in [1.54, 1.807) is 0 Å². The van der Waals surface area contributed by atoms with Crippen molar-refractivity contribution in [1.29, 1.82) is 0 Å². The highest BCUT2D eigenvalue weighted by atomic mass is 127. The Morgan fingerprint density at radius 1 is 1.29 bits per heavy atom. The van der Waals surface area contributed by atoms with E-state index < -0.39 is 0 Å². The topological polar surface area (TPSA) is 46.9 Å². The quantitative estimate of drug-likeness (QED) is 0.602. The van der Waals surface area contributed by atoms with Gasteiger partial charge in [0, 0.05) is 24.7 Å². The van der Waals surface area contributed by atoms with Crippen LogP contribution in [0, 0.1) is 17.4 Å². The minimum atomic E-state index is 0.207. The van der Waals surface area contributed by atoms with Crippen molar-refractivity contribution in [1.82, 2.24) is 15.1 Å². The Bertz CT molecular complexity index is 476. The molecule has 1 aromatic rings. The molecule has 0 spiro atoms. The van der Waals surface area contributed by atoms with Gasteiger partial charge in [-0.15, -0.1) is 0 Å². The molecule has 4 nitrogen and oxygen atoms in total. The van der Waals surface area contributed by atoms with Gasteiger partial charge in [0.1, 0.15) is 0 Å². The fraction of sp³-hybridized carbons (Fsp3) is 0.750. The monoisotopic (exact) mass is 403 g/mol. The maximum absolute atomic E-state index is 12.0. The molecule has 1 aromatic heterocycles. The molecule has 2 rings (SSSR count). The van der Waals surface area contributed by atoms with Gasteiger partial charge in [-0.05, 0) is 55.7 Å². The zero-order chi connectivity index (χ0) is 15.2. The summed E-state index contributed by atoms with van der Waals surface area (Å²) >= 11 is 2.33. The van der Waals surface area contributed by atoms with Gasteiger partial charge >= 0.3 is 0 Å². The van der Waals surface area contributed by atoms with Crippen LogP contribution < -0.4 is 5.32 Å². The molecule has 0 unspecified atom stereocenters. The van der Waals surface area contributed by atoms with E-state index >= 15 is 0 Å². The van der Waals surface area contributed by atoms with E-state index in [4.69, 9.17) is 0 Å². The largest absolute Gasteiger partial charge is 0.353 e. The summed E-state index contributed by atoms with van der Waals surface area (Å²) in [6, 6.07) is 0.412. The molecule has 0 aliphatic heterocycles. The van der Waals surface area contributed by atoms with Gasteiger partial charge in [0.2, 0.25) is 5.91 Å². The Morgan fingerprint density at radius 2 is 1.95 bits per heavy atom. The lowest BCUT2D eigenvalue weighted by molar-refractivity contribution is -0.122. The van der Waals surface area contributed by atoms with Crippen molar-refractivity contribution in [2.24, 2.45) is 0 Å². The van der Waals surface area contributed by atoms with Crippen molar-refractivity contribution >= 4 is 28.5 Å². The summed E-state index contributed by atoms with van der Waals surface area (Å²) in [6.45, 7) is 4.95. The summed E-state index contributed by atoms with van der Waals surface area (Å²) in [7, 11) is 0. The van der Waals surface area contributed by atoms with Crippen molar-refractivity contribution in [2.75, 3.05) is 0 Å². The van der Waals surface area contributed by atoms with Gasteiger partial charge in [-0.25, -0.2) is 0 Å². The average molecular weight is 403 g/mol. The summed E-state index contributed by atoms with van der Waals surface area (Å²) < 4.78 is 3.26. The number of amides is 1. The van der Waals surface area contributed by atoms with Crippen molar-refractivity contribution in [3.63, 3.8) is 0 Å². The molecule has 0 atom stereocenters. The lowest BCUT2D eigenvalue weighted by atomic mass is 10.1. The fourth-order valence-corrected chi connectivity index (χ4v) is 3.39. The summed E-state index contributed by atoms with van der Waals surface area (Å²) in [5, 5.41) is 7.72. The van der Waals surface area contributed by atoms with E-state index in [0.29, 0.717) is 12.5 Å². The van der Waals surface area contributed by atoms with Crippen molar-refractivity contribution in [3.05, 3.63) is 15.0 Å². The molecular formula is C16H26IN3O. The predicted octanol–water partition coefficient (Wildman–Crippen LogP) is 3.72. The van der Waals surface area contributed by atoms with Crippen LogP contribution in [0.5, 0.6) is 0 Å². The van der Waals surface area contributed by atoms with Crippen LogP contribution in [0.15, 0.2) is 0 Å². The summed E-state index contributed by atoms with van der Waals surface area (Å²) in [5.74, 6) is 0.207. The third-order valence-corrected chi connectivity index (χ3v) is 5.85. The number of halogens is 1. The first-order valence-corrected chi connectivity index (χ1v) is 9.14. The van der Waals surface area contributed by atoms with E-state index in [0.717, 1.165) is 31.5 Å².